The molecule has 1 heterocycles. The number of carbonyl (C=O) groups is 2. The molecule has 0 spiro atoms. The molecule has 0 radical (unpaired) electrons. The molecule has 1 aliphatic rings. The topological polar surface area (TPSA) is 84.7 Å². The second-order valence-corrected chi connectivity index (χ2v) is 8.05. The van der Waals surface area contributed by atoms with Gasteiger partial charge in [0, 0.05) is 0 Å². The number of ether oxygens (including phenoxy) is 1. The van der Waals surface area contributed by atoms with E-state index in [0.717, 1.165) is 16.7 Å². The van der Waals surface area contributed by atoms with Gasteiger partial charge in [0.15, 0.2) is 0 Å². The van der Waals surface area contributed by atoms with Crippen LogP contribution in [0.15, 0.2) is 78.9 Å². The van der Waals surface area contributed by atoms with Crippen molar-refractivity contribution in [2.75, 3.05) is 11.5 Å². The fraction of sp³-hybridized carbons (Fsp3) is 0.231. The van der Waals surface area contributed by atoms with Gasteiger partial charge in [-0.1, -0.05) is 72.3 Å². The van der Waals surface area contributed by atoms with Crippen molar-refractivity contribution in [3.63, 3.8) is 0 Å². The van der Waals surface area contributed by atoms with Crippen LogP contribution in [0.5, 0.6) is 5.75 Å². The first-order valence-electron chi connectivity index (χ1n) is 10.7. The van der Waals surface area contributed by atoms with Gasteiger partial charge in [-0.15, -0.1) is 0 Å². The highest BCUT2D eigenvalue weighted by atomic mass is 16.5. The summed E-state index contributed by atoms with van der Waals surface area (Å²) >= 11 is 0. The lowest BCUT2D eigenvalue weighted by atomic mass is 10.0. The van der Waals surface area contributed by atoms with E-state index in [-0.39, 0.29) is 12.5 Å². The van der Waals surface area contributed by atoms with Crippen molar-refractivity contribution in [2.24, 2.45) is 5.73 Å². The lowest BCUT2D eigenvalue weighted by Crippen LogP contribution is -2.55. The normalized spacial score (nSPS) is 16.6. The maximum absolute atomic E-state index is 13.6. The van der Waals surface area contributed by atoms with Crippen molar-refractivity contribution in [3.8, 4) is 5.75 Å². The maximum atomic E-state index is 13.6. The van der Waals surface area contributed by atoms with Gasteiger partial charge in [0.1, 0.15) is 18.4 Å². The number of hydrogen-bond donors (Lipinski definition) is 2. The van der Waals surface area contributed by atoms with Gasteiger partial charge in [-0.3, -0.25) is 14.9 Å². The predicted octanol–water partition coefficient (Wildman–Crippen LogP) is 2.98. The molecule has 3 N–H and O–H groups in total. The Hall–Kier alpha value is -3.64. The van der Waals surface area contributed by atoms with E-state index in [1.807, 2.05) is 85.8 Å². The number of nitrogens with zero attached hydrogens (tertiary/aromatic N) is 1. The molecule has 0 saturated carbocycles. The highest BCUT2D eigenvalue weighted by Crippen LogP contribution is 2.32. The van der Waals surface area contributed by atoms with Crippen molar-refractivity contribution >= 4 is 17.5 Å². The first-order chi connectivity index (χ1) is 15.5. The maximum Gasteiger partial charge on any atom is 0.248 e. The van der Waals surface area contributed by atoms with Crippen LogP contribution < -0.4 is 20.7 Å². The molecule has 2 atom stereocenters. The zero-order chi connectivity index (χ0) is 22.5. The highest BCUT2D eigenvalue weighted by molar-refractivity contribution is 5.99. The quantitative estimate of drug-likeness (QED) is 0.605. The van der Waals surface area contributed by atoms with Crippen molar-refractivity contribution in [1.82, 2.24) is 5.32 Å². The highest BCUT2D eigenvalue weighted by Gasteiger charge is 2.34. The van der Waals surface area contributed by atoms with Gasteiger partial charge < -0.3 is 15.4 Å². The molecule has 0 fully saturated rings. The number of aryl methyl sites for hydroxylation is 1. The zero-order valence-electron chi connectivity index (χ0n) is 18.0. The van der Waals surface area contributed by atoms with Crippen LogP contribution in [0.3, 0.4) is 0 Å². The first kappa shape index (κ1) is 21.6. The summed E-state index contributed by atoms with van der Waals surface area (Å²) in [6.07, 6.45) is 0.394. The summed E-state index contributed by atoms with van der Waals surface area (Å²) in [6.45, 7) is 2.54. The minimum Gasteiger partial charge on any atom is -0.489 e. The average molecular weight is 430 g/mol. The van der Waals surface area contributed by atoms with Gasteiger partial charge in [-0.05, 0) is 36.6 Å². The number of rotatable bonds is 7. The molecule has 0 bridgehead atoms. The number of amides is 2. The molecule has 164 valence electrons. The Morgan fingerprint density at radius 3 is 2.44 bits per heavy atom. The third-order valence-corrected chi connectivity index (χ3v) is 5.62. The second-order valence-electron chi connectivity index (χ2n) is 8.05. The average Bonchev–Trinajstić information content (AvgIpc) is 2.93. The number of nitrogens with one attached hydrogen (secondary N) is 1. The van der Waals surface area contributed by atoms with Gasteiger partial charge in [0.05, 0.1) is 18.3 Å². The number of benzene rings is 3. The van der Waals surface area contributed by atoms with E-state index in [9.17, 15) is 9.59 Å². The monoisotopic (exact) mass is 429 g/mol. The number of carbonyl (C=O) groups excluding carboxylic acids is 2. The first-order valence-corrected chi connectivity index (χ1v) is 10.7. The molecule has 3 aromatic carbocycles. The van der Waals surface area contributed by atoms with Crippen LogP contribution >= 0.6 is 0 Å². The Kier molecular flexibility index (Phi) is 6.52. The summed E-state index contributed by atoms with van der Waals surface area (Å²) in [5.74, 6) is -0.0284. The van der Waals surface area contributed by atoms with Gasteiger partial charge in [0.2, 0.25) is 11.8 Å². The van der Waals surface area contributed by atoms with Crippen LogP contribution in [0, 0.1) is 6.92 Å². The summed E-state index contributed by atoms with van der Waals surface area (Å²) < 4.78 is 5.97. The second kappa shape index (κ2) is 9.66. The van der Waals surface area contributed by atoms with Crippen LogP contribution in [0.2, 0.25) is 0 Å². The van der Waals surface area contributed by atoms with Crippen molar-refractivity contribution < 1.29 is 14.3 Å². The van der Waals surface area contributed by atoms with Crippen LogP contribution in [-0.4, -0.2) is 30.5 Å². The third kappa shape index (κ3) is 4.98. The van der Waals surface area contributed by atoms with Gasteiger partial charge in [0.25, 0.3) is 0 Å². The van der Waals surface area contributed by atoms with Crippen molar-refractivity contribution in [1.29, 1.82) is 0 Å². The fourth-order valence-corrected chi connectivity index (χ4v) is 3.85. The van der Waals surface area contributed by atoms with E-state index < -0.39 is 18.0 Å². The van der Waals surface area contributed by atoms with E-state index >= 15 is 0 Å². The summed E-state index contributed by atoms with van der Waals surface area (Å²) in [5.41, 5.74) is 9.51. The standard InChI is InChI=1S/C26H27N3O3/c1-18-11-13-20(14-12-18)16-29-23-9-5-6-10-24(23)32-17-22(26(29)31)28-21(25(27)30)15-19-7-3-2-4-8-19/h2-14,21-22,28H,15-17H2,1H3,(H2,27,30)/t21-,22-/m0/s1. The van der Waals surface area contributed by atoms with Crippen LogP contribution in [0.4, 0.5) is 5.69 Å². The lowest BCUT2D eigenvalue weighted by molar-refractivity contribution is -0.123. The van der Waals surface area contributed by atoms with Crippen LogP contribution in [0.25, 0.3) is 0 Å². The van der Waals surface area contributed by atoms with E-state index in [2.05, 4.69) is 5.32 Å². The number of anilines is 1. The zero-order valence-corrected chi connectivity index (χ0v) is 18.0. The molecule has 3 aromatic rings. The van der Waals surface area contributed by atoms with E-state index in [1.165, 1.54) is 0 Å². The number of nitrogens with two attached hydrogens (primary N) is 1. The van der Waals surface area contributed by atoms with Crippen molar-refractivity contribution in [2.45, 2.75) is 32.0 Å². The van der Waals surface area contributed by atoms with E-state index in [0.29, 0.717) is 24.4 Å². The van der Waals surface area contributed by atoms with Gasteiger partial charge >= 0.3 is 0 Å². The SMILES string of the molecule is Cc1ccc(CN2C(=O)[C@@H](N[C@@H](Cc3ccccc3)C(N)=O)COc3ccccc32)cc1. The molecule has 0 aliphatic carbocycles. The molecule has 0 saturated heterocycles. The summed E-state index contributed by atoms with van der Waals surface area (Å²) in [7, 11) is 0. The largest absolute Gasteiger partial charge is 0.489 e. The van der Waals surface area contributed by atoms with Gasteiger partial charge in [-0.25, -0.2) is 0 Å². The molecular weight excluding hydrogens is 402 g/mol. The Morgan fingerprint density at radius 1 is 1.03 bits per heavy atom. The van der Waals surface area contributed by atoms with Crippen molar-refractivity contribution in [3.05, 3.63) is 95.6 Å². The smallest absolute Gasteiger partial charge is 0.248 e. The molecule has 4 rings (SSSR count). The third-order valence-electron chi connectivity index (χ3n) is 5.62. The fourth-order valence-electron chi connectivity index (χ4n) is 3.85. The molecular formula is C26H27N3O3. The Balaban J connectivity index is 1.60. The summed E-state index contributed by atoms with van der Waals surface area (Å²) in [6, 6.07) is 23.8. The number of hydrogen-bond acceptors (Lipinski definition) is 4. The Labute approximate surface area is 188 Å². The van der Waals surface area contributed by atoms with Gasteiger partial charge in [-0.2, -0.15) is 0 Å². The van der Waals surface area contributed by atoms with Crippen LogP contribution in [-0.2, 0) is 22.6 Å². The lowest BCUT2D eigenvalue weighted by Gasteiger charge is -2.27. The van der Waals surface area contributed by atoms with E-state index in [4.69, 9.17) is 10.5 Å². The number of fused-ring (bicyclic) bond motifs is 1. The minimum atomic E-state index is -0.714. The molecule has 2 amide bonds. The molecule has 1 aliphatic heterocycles. The molecule has 0 unspecified atom stereocenters. The Bertz CT molecular complexity index is 1080. The van der Waals surface area contributed by atoms with E-state index in [1.54, 1.807) is 4.90 Å². The molecule has 32 heavy (non-hydrogen) atoms. The predicted molar refractivity (Wildman–Crippen MR) is 124 cm³/mol. The minimum absolute atomic E-state index is 0.110. The molecule has 6 nitrogen and oxygen atoms in total. The summed E-state index contributed by atoms with van der Waals surface area (Å²) in [5, 5.41) is 3.16. The Morgan fingerprint density at radius 2 is 1.72 bits per heavy atom. The van der Waals surface area contributed by atoms with Crippen LogP contribution in [0.1, 0.15) is 16.7 Å². The molecule has 6 heteroatoms. The summed E-state index contributed by atoms with van der Waals surface area (Å²) in [4.78, 5) is 27.5. The number of para-hydroxylation sites is 2. The molecule has 0 aromatic heterocycles. The number of primary amides is 1.